The summed E-state index contributed by atoms with van der Waals surface area (Å²) >= 11 is 0. The standard InChI is InChI=1S/C44H56O4/c1-5-9-16-27-45-39-26-25-36-42-34(33-21-14-13-15-22-33)23-20-24-35(42)37-31-40(46-28-17-10-6-2)41(47-29-18-11-7-3)32-38(37)43(36)44(39)48-30-19-12-8-4/h13-15,20-26,31-32H,5-12,16-19,27-30H2,1-4H3. The first kappa shape index (κ1) is 35.4. The zero-order chi connectivity index (χ0) is 33.6. The van der Waals surface area contributed by atoms with Crippen LogP contribution in [0, 0.1) is 0 Å². The van der Waals surface area contributed by atoms with E-state index >= 15 is 0 Å². The summed E-state index contributed by atoms with van der Waals surface area (Å²) in [6, 6.07) is 26.2. The Kier molecular flexibility index (Phi) is 13.7. The molecule has 0 aliphatic heterocycles. The van der Waals surface area contributed by atoms with Gasteiger partial charge in [-0.1, -0.05) is 128 Å². The summed E-state index contributed by atoms with van der Waals surface area (Å²) in [7, 11) is 0. The molecule has 0 aliphatic rings. The summed E-state index contributed by atoms with van der Waals surface area (Å²) in [4.78, 5) is 0. The van der Waals surface area contributed by atoms with E-state index in [1.165, 1.54) is 21.9 Å². The molecular formula is C44H56O4. The molecule has 5 rings (SSSR count). The summed E-state index contributed by atoms with van der Waals surface area (Å²) in [5.74, 6) is 3.28. The van der Waals surface area contributed by atoms with Crippen LogP contribution in [0.1, 0.15) is 105 Å². The Morgan fingerprint density at radius 1 is 0.396 bits per heavy atom. The second-order valence-corrected chi connectivity index (χ2v) is 13.0. The molecule has 0 aromatic heterocycles. The molecular weight excluding hydrogens is 592 g/mol. The number of ether oxygens (including phenoxy) is 4. The molecule has 0 fully saturated rings. The Hall–Kier alpha value is -3.92. The third kappa shape index (κ3) is 8.56. The smallest absolute Gasteiger partial charge is 0.169 e. The van der Waals surface area contributed by atoms with Crippen LogP contribution in [0.3, 0.4) is 0 Å². The molecule has 0 spiro atoms. The van der Waals surface area contributed by atoms with Gasteiger partial charge in [-0.3, -0.25) is 0 Å². The van der Waals surface area contributed by atoms with Crippen LogP contribution in [0.2, 0.25) is 0 Å². The highest BCUT2D eigenvalue weighted by Crippen LogP contribution is 2.49. The molecule has 0 radical (unpaired) electrons. The van der Waals surface area contributed by atoms with Gasteiger partial charge in [0.15, 0.2) is 23.0 Å². The van der Waals surface area contributed by atoms with E-state index in [1.807, 2.05) is 0 Å². The molecule has 0 atom stereocenters. The van der Waals surface area contributed by atoms with Gasteiger partial charge in [0, 0.05) is 5.39 Å². The van der Waals surface area contributed by atoms with Gasteiger partial charge >= 0.3 is 0 Å². The number of hydrogen-bond donors (Lipinski definition) is 0. The van der Waals surface area contributed by atoms with Crippen molar-refractivity contribution in [2.45, 2.75) is 105 Å². The maximum Gasteiger partial charge on any atom is 0.169 e. The van der Waals surface area contributed by atoms with Crippen molar-refractivity contribution in [2.75, 3.05) is 26.4 Å². The van der Waals surface area contributed by atoms with Crippen molar-refractivity contribution < 1.29 is 18.9 Å². The van der Waals surface area contributed by atoms with Gasteiger partial charge in [-0.15, -0.1) is 0 Å². The van der Waals surface area contributed by atoms with Crippen LogP contribution in [0.25, 0.3) is 43.4 Å². The first-order valence-corrected chi connectivity index (χ1v) is 18.8. The fourth-order valence-corrected chi connectivity index (χ4v) is 6.57. The van der Waals surface area contributed by atoms with Crippen molar-refractivity contribution in [3.8, 4) is 34.1 Å². The zero-order valence-corrected chi connectivity index (χ0v) is 29.9. The third-order valence-electron chi connectivity index (χ3n) is 9.19. The monoisotopic (exact) mass is 648 g/mol. The first-order valence-electron chi connectivity index (χ1n) is 18.8. The van der Waals surface area contributed by atoms with Crippen molar-refractivity contribution in [3.05, 3.63) is 72.8 Å². The minimum Gasteiger partial charge on any atom is -0.490 e. The van der Waals surface area contributed by atoms with Gasteiger partial charge in [-0.25, -0.2) is 0 Å². The molecule has 0 bridgehead atoms. The highest BCUT2D eigenvalue weighted by atomic mass is 16.5. The summed E-state index contributed by atoms with van der Waals surface area (Å²) < 4.78 is 26.4. The lowest BCUT2D eigenvalue weighted by Crippen LogP contribution is -2.05. The van der Waals surface area contributed by atoms with Crippen LogP contribution < -0.4 is 18.9 Å². The maximum absolute atomic E-state index is 6.79. The minimum atomic E-state index is 0.650. The van der Waals surface area contributed by atoms with Crippen LogP contribution in [-0.2, 0) is 0 Å². The predicted octanol–water partition coefficient (Wildman–Crippen LogP) is 13.1. The third-order valence-corrected chi connectivity index (χ3v) is 9.19. The molecule has 4 nitrogen and oxygen atoms in total. The Labute approximate surface area is 288 Å². The van der Waals surface area contributed by atoms with Gasteiger partial charge in [0.1, 0.15) is 0 Å². The van der Waals surface area contributed by atoms with Crippen LogP contribution >= 0.6 is 0 Å². The average molecular weight is 649 g/mol. The minimum absolute atomic E-state index is 0.650. The number of fused-ring (bicyclic) bond motifs is 6. The highest BCUT2D eigenvalue weighted by Gasteiger charge is 2.22. The molecule has 0 saturated heterocycles. The second-order valence-electron chi connectivity index (χ2n) is 13.0. The Morgan fingerprint density at radius 3 is 1.52 bits per heavy atom. The van der Waals surface area contributed by atoms with Gasteiger partial charge in [-0.05, 0) is 88.0 Å². The highest BCUT2D eigenvalue weighted by molar-refractivity contribution is 6.30. The lowest BCUT2D eigenvalue weighted by Gasteiger charge is -2.21. The topological polar surface area (TPSA) is 36.9 Å². The summed E-state index contributed by atoms with van der Waals surface area (Å²) in [6.45, 7) is 11.6. The molecule has 0 saturated carbocycles. The van der Waals surface area contributed by atoms with E-state index < -0.39 is 0 Å². The molecule has 0 amide bonds. The second kappa shape index (κ2) is 18.6. The van der Waals surface area contributed by atoms with Crippen LogP contribution in [-0.4, -0.2) is 26.4 Å². The first-order chi connectivity index (χ1) is 23.7. The number of rotatable bonds is 21. The molecule has 0 N–H and O–H groups in total. The number of benzene rings is 5. The Balaban J connectivity index is 1.80. The molecule has 48 heavy (non-hydrogen) atoms. The van der Waals surface area contributed by atoms with E-state index in [9.17, 15) is 0 Å². The van der Waals surface area contributed by atoms with Gasteiger partial charge < -0.3 is 18.9 Å². The lowest BCUT2D eigenvalue weighted by atomic mass is 9.88. The van der Waals surface area contributed by atoms with Crippen LogP contribution in [0.4, 0.5) is 0 Å². The number of unbranched alkanes of at least 4 members (excludes halogenated alkanes) is 8. The van der Waals surface area contributed by atoms with E-state index in [1.54, 1.807) is 0 Å². The molecule has 0 aliphatic carbocycles. The van der Waals surface area contributed by atoms with Crippen LogP contribution in [0.15, 0.2) is 72.8 Å². The fraction of sp³-hybridized carbons (Fsp3) is 0.455. The van der Waals surface area contributed by atoms with Gasteiger partial charge in [0.25, 0.3) is 0 Å². The molecule has 0 unspecified atom stereocenters. The van der Waals surface area contributed by atoms with Gasteiger partial charge in [0.2, 0.25) is 0 Å². The summed E-state index contributed by atoms with van der Waals surface area (Å²) in [5.41, 5.74) is 2.40. The lowest BCUT2D eigenvalue weighted by molar-refractivity contribution is 0.260. The van der Waals surface area contributed by atoms with E-state index in [-0.39, 0.29) is 0 Å². The Bertz CT molecular complexity index is 1720. The average Bonchev–Trinajstić information content (AvgIpc) is 3.12. The summed E-state index contributed by atoms with van der Waals surface area (Å²) in [6.07, 6.45) is 13.3. The SMILES string of the molecule is CCCCCOc1cc2c3cccc(-c4ccccc4)c3c3ccc(OCCCCC)c(OCCCCC)c3c2cc1OCCCCC. The van der Waals surface area contributed by atoms with Crippen molar-refractivity contribution in [1.29, 1.82) is 0 Å². The molecule has 256 valence electrons. The van der Waals surface area contributed by atoms with Gasteiger partial charge in [-0.2, -0.15) is 0 Å². The van der Waals surface area contributed by atoms with E-state index in [4.69, 9.17) is 18.9 Å². The summed E-state index contributed by atoms with van der Waals surface area (Å²) in [5, 5.41) is 6.92. The van der Waals surface area contributed by atoms with Crippen molar-refractivity contribution in [3.63, 3.8) is 0 Å². The van der Waals surface area contributed by atoms with E-state index in [2.05, 4.69) is 100 Å². The quantitative estimate of drug-likeness (QED) is 0.0586. The molecule has 5 aromatic rings. The normalized spacial score (nSPS) is 11.4. The maximum atomic E-state index is 6.79. The molecule has 5 aromatic carbocycles. The predicted molar refractivity (Wildman–Crippen MR) is 204 cm³/mol. The van der Waals surface area contributed by atoms with Crippen molar-refractivity contribution in [2.24, 2.45) is 0 Å². The largest absolute Gasteiger partial charge is 0.490 e. The molecule has 0 heterocycles. The fourth-order valence-electron chi connectivity index (χ4n) is 6.57. The zero-order valence-electron chi connectivity index (χ0n) is 29.9. The Morgan fingerprint density at radius 2 is 0.938 bits per heavy atom. The van der Waals surface area contributed by atoms with Gasteiger partial charge in [0.05, 0.1) is 26.4 Å². The number of hydrogen-bond acceptors (Lipinski definition) is 4. The van der Waals surface area contributed by atoms with Crippen LogP contribution in [0.5, 0.6) is 23.0 Å². The van der Waals surface area contributed by atoms with E-state index in [0.717, 1.165) is 122 Å². The molecule has 4 heteroatoms. The van der Waals surface area contributed by atoms with Crippen molar-refractivity contribution >= 4 is 32.3 Å². The van der Waals surface area contributed by atoms with E-state index in [0.29, 0.717) is 26.4 Å². The van der Waals surface area contributed by atoms with Crippen molar-refractivity contribution in [1.82, 2.24) is 0 Å².